The van der Waals surface area contributed by atoms with Gasteiger partial charge in [0.2, 0.25) is 0 Å². The lowest BCUT2D eigenvalue weighted by atomic mass is 10.0. The van der Waals surface area contributed by atoms with Crippen LogP contribution in [-0.4, -0.2) is 21.3 Å². The number of carboxylic acid groups (broad SMARTS) is 1. The van der Waals surface area contributed by atoms with Crippen LogP contribution in [0.4, 0.5) is 0 Å². The van der Waals surface area contributed by atoms with E-state index in [2.05, 4.69) is 10.2 Å². The normalized spacial score (nSPS) is 10.5. The van der Waals surface area contributed by atoms with Crippen LogP contribution in [0.5, 0.6) is 0 Å². The van der Waals surface area contributed by atoms with Gasteiger partial charge in [-0.25, -0.2) is 0 Å². The fourth-order valence-corrected chi connectivity index (χ4v) is 2.31. The summed E-state index contributed by atoms with van der Waals surface area (Å²) in [5.74, 6) is -0.823. The molecule has 0 spiro atoms. The van der Waals surface area contributed by atoms with Crippen LogP contribution in [-0.2, 0) is 11.2 Å². The monoisotopic (exact) mass is 278 g/mol. The number of rotatable bonds is 4. The molecule has 3 rings (SSSR count). The van der Waals surface area contributed by atoms with E-state index >= 15 is 0 Å². The molecule has 21 heavy (non-hydrogen) atoms. The van der Waals surface area contributed by atoms with Crippen LogP contribution in [0.15, 0.2) is 60.8 Å². The largest absolute Gasteiger partial charge is 0.481 e. The highest BCUT2D eigenvalue weighted by atomic mass is 16.4. The highest BCUT2D eigenvalue weighted by Crippen LogP contribution is 2.29. The molecule has 4 heteroatoms. The molecule has 0 aliphatic rings. The van der Waals surface area contributed by atoms with Crippen LogP contribution < -0.4 is 0 Å². The number of nitrogens with one attached hydrogen (secondary N) is 1. The van der Waals surface area contributed by atoms with Crippen molar-refractivity contribution < 1.29 is 9.90 Å². The van der Waals surface area contributed by atoms with E-state index in [1.165, 1.54) is 0 Å². The van der Waals surface area contributed by atoms with Gasteiger partial charge in [0.1, 0.15) is 0 Å². The second-order valence-electron chi connectivity index (χ2n) is 4.79. The molecule has 0 atom stereocenters. The van der Waals surface area contributed by atoms with E-state index in [0.717, 1.165) is 27.9 Å². The van der Waals surface area contributed by atoms with Crippen molar-refractivity contribution in [2.75, 3.05) is 0 Å². The third kappa shape index (κ3) is 2.84. The first-order valence-corrected chi connectivity index (χ1v) is 6.64. The smallest absolute Gasteiger partial charge is 0.307 e. The van der Waals surface area contributed by atoms with Crippen molar-refractivity contribution in [2.24, 2.45) is 0 Å². The predicted octanol–water partition coefficient (Wildman–Crippen LogP) is 3.37. The van der Waals surface area contributed by atoms with Gasteiger partial charge in [-0.3, -0.25) is 9.89 Å². The minimum absolute atomic E-state index is 0.0389. The molecule has 0 saturated carbocycles. The Labute approximate surface area is 122 Å². The number of aromatic amines is 1. The van der Waals surface area contributed by atoms with Crippen molar-refractivity contribution in [1.29, 1.82) is 0 Å². The summed E-state index contributed by atoms with van der Waals surface area (Å²) >= 11 is 0. The van der Waals surface area contributed by atoms with E-state index in [-0.39, 0.29) is 6.42 Å². The van der Waals surface area contributed by atoms with E-state index in [1.807, 2.05) is 54.6 Å². The van der Waals surface area contributed by atoms with E-state index in [9.17, 15) is 4.79 Å². The number of carbonyl (C=O) groups is 1. The van der Waals surface area contributed by atoms with Gasteiger partial charge in [-0.1, -0.05) is 54.6 Å². The minimum atomic E-state index is -0.823. The number of nitrogens with zero attached hydrogens (tertiary/aromatic N) is 1. The average molecular weight is 278 g/mol. The third-order valence-electron chi connectivity index (χ3n) is 3.32. The number of hydrogen-bond donors (Lipinski definition) is 2. The highest BCUT2D eigenvalue weighted by Gasteiger charge is 2.09. The molecule has 0 aliphatic carbocycles. The van der Waals surface area contributed by atoms with Crippen LogP contribution in [0.1, 0.15) is 5.56 Å². The molecule has 0 radical (unpaired) electrons. The molecular formula is C17H14N2O2. The Kier molecular flexibility index (Phi) is 3.51. The molecule has 0 unspecified atom stereocenters. The Bertz CT molecular complexity index is 746. The Hall–Kier alpha value is -2.88. The van der Waals surface area contributed by atoms with Crippen LogP contribution >= 0.6 is 0 Å². The minimum Gasteiger partial charge on any atom is -0.481 e. The molecule has 0 bridgehead atoms. The Morgan fingerprint density at radius 1 is 1.00 bits per heavy atom. The maximum Gasteiger partial charge on any atom is 0.307 e. The van der Waals surface area contributed by atoms with Gasteiger partial charge in [-0.05, 0) is 11.1 Å². The van der Waals surface area contributed by atoms with Crippen LogP contribution in [0.25, 0.3) is 22.4 Å². The maximum absolute atomic E-state index is 10.7. The lowest BCUT2D eigenvalue weighted by Gasteiger charge is -2.05. The predicted molar refractivity (Wildman–Crippen MR) is 80.8 cm³/mol. The first kappa shape index (κ1) is 13.1. The van der Waals surface area contributed by atoms with Crippen LogP contribution in [0.2, 0.25) is 0 Å². The Balaban J connectivity index is 1.95. The fourth-order valence-electron chi connectivity index (χ4n) is 2.31. The van der Waals surface area contributed by atoms with Gasteiger partial charge in [0.05, 0.1) is 18.3 Å². The molecule has 0 saturated heterocycles. The van der Waals surface area contributed by atoms with E-state index < -0.39 is 5.97 Å². The molecule has 1 aromatic heterocycles. The summed E-state index contributed by atoms with van der Waals surface area (Å²) in [5, 5.41) is 15.9. The summed E-state index contributed by atoms with van der Waals surface area (Å²) in [6, 6.07) is 17.5. The zero-order chi connectivity index (χ0) is 14.7. The first-order valence-electron chi connectivity index (χ1n) is 6.64. The SMILES string of the molecule is O=C(O)Cc1ccc(-c2cn[nH]c2-c2ccccc2)cc1. The van der Waals surface area contributed by atoms with Crippen molar-refractivity contribution >= 4 is 5.97 Å². The number of aromatic nitrogens is 2. The average Bonchev–Trinajstić information content (AvgIpc) is 2.98. The molecule has 1 heterocycles. The van der Waals surface area contributed by atoms with Gasteiger partial charge in [0, 0.05) is 11.1 Å². The van der Waals surface area contributed by atoms with Gasteiger partial charge in [-0.2, -0.15) is 5.10 Å². The highest BCUT2D eigenvalue weighted by molar-refractivity contribution is 5.80. The van der Waals surface area contributed by atoms with Gasteiger partial charge in [0.15, 0.2) is 0 Å². The number of H-pyrrole nitrogens is 1. The molecule has 2 N–H and O–H groups in total. The summed E-state index contributed by atoms with van der Waals surface area (Å²) in [6.07, 6.45) is 1.83. The molecule has 104 valence electrons. The molecular weight excluding hydrogens is 264 g/mol. The molecule has 2 aromatic carbocycles. The third-order valence-corrected chi connectivity index (χ3v) is 3.32. The summed E-state index contributed by atoms with van der Waals surface area (Å²) in [5.41, 5.74) is 4.83. The zero-order valence-electron chi connectivity index (χ0n) is 11.3. The summed E-state index contributed by atoms with van der Waals surface area (Å²) < 4.78 is 0. The Morgan fingerprint density at radius 2 is 1.71 bits per heavy atom. The van der Waals surface area contributed by atoms with Gasteiger partial charge in [0.25, 0.3) is 0 Å². The standard InChI is InChI=1S/C17H14N2O2/c20-16(21)10-12-6-8-13(9-7-12)15-11-18-19-17(15)14-4-2-1-3-5-14/h1-9,11H,10H2,(H,18,19)(H,20,21). The molecule has 0 aliphatic heterocycles. The zero-order valence-corrected chi connectivity index (χ0v) is 11.3. The Morgan fingerprint density at radius 3 is 2.38 bits per heavy atom. The summed E-state index contributed by atoms with van der Waals surface area (Å²) in [6.45, 7) is 0. The van der Waals surface area contributed by atoms with E-state index in [1.54, 1.807) is 6.20 Å². The van der Waals surface area contributed by atoms with Crippen molar-refractivity contribution in [2.45, 2.75) is 6.42 Å². The van der Waals surface area contributed by atoms with Crippen LogP contribution in [0.3, 0.4) is 0 Å². The quantitative estimate of drug-likeness (QED) is 0.769. The molecule has 4 nitrogen and oxygen atoms in total. The second kappa shape index (κ2) is 5.63. The summed E-state index contributed by atoms with van der Waals surface area (Å²) in [7, 11) is 0. The van der Waals surface area contributed by atoms with E-state index in [0.29, 0.717) is 0 Å². The fraction of sp³-hybridized carbons (Fsp3) is 0.0588. The summed E-state index contributed by atoms with van der Waals surface area (Å²) in [4.78, 5) is 10.7. The topological polar surface area (TPSA) is 66.0 Å². The van der Waals surface area contributed by atoms with Crippen LogP contribution in [0, 0.1) is 0 Å². The van der Waals surface area contributed by atoms with Crippen molar-refractivity contribution in [1.82, 2.24) is 10.2 Å². The molecule has 0 fully saturated rings. The molecule has 0 amide bonds. The maximum atomic E-state index is 10.7. The molecule has 3 aromatic rings. The number of benzene rings is 2. The van der Waals surface area contributed by atoms with Gasteiger partial charge in [-0.15, -0.1) is 0 Å². The van der Waals surface area contributed by atoms with Gasteiger partial charge < -0.3 is 5.11 Å². The van der Waals surface area contributed by atoms with Crippen molar-refractivity contribution in [3.63, 3.8) is 0 Å². The van der Waals surface area contributed by atoms with Crippen molar-refractivity contribution in [3.05, 3.63) is 66.4 Å². The first-order chi connectivity index (χ1) is 10.2. The van der Waals surface area contributed by atoms with Gasteiger partial charge >= 0.3 is 5.97 Å². The van der Waals surface area contributed by atoms with E-state index in [4.69, 9.17) is 5.11 Å². The second-order valence-corrected chi connectivity index (χ2v) is 4.79. The number of carboxylic acids is 1. The number of hydrogen-bond acceptors (Lipinski definition) is 2. The lowest BCUT2D eigenvalue weighted by molar-refractivity contribution is -0.136. The lowest BCUT2D eigenvalue weighted by Crippen LogP contribution is -1.99. The number of aliphatic carboxylic acids is 1. The van der Waals surface area contributed by atoms with Crippen molar-refractivity contribution in [3.8, 4) is 22.4 Å².